The summed E-state index contributed by atoms with van der Waals surface area (Å²) in [6, 6.07) is 0. The molecule has 98 valence electrons. The van der Waals surface area contributed by atoms with E-state index in [1.54, 1.807) is 0 Å². The van der Waals surface area contributed by atoms with Crippen LogP contribution < -0.4 is 5.32 Å². The van der Waals surface area contributed by atoms with Gasteiger partial charge in [0.05, 0.1) is 5.92 Å². The van der Waals surface area contributed by atoms with Crippen LogP contribution in [-0.2, 0) is 4.79 Å². The minimum Gasteiger partial charge on any atom is -0.344 e. The van der Waals surface area contributed by atoms with Crippen molar-refractivity contribution in [2.45, 2.75) is 31.2 Å². The Balaban J connectivity index is 1.91. The molecule has 2 aliphatic rings. The standard InChI is InChI=1S/C13H25N3O/c1-15(2)13(6-4-7-13)10-16(3)12(17)11-5-8-14-9-11/h11,14H,4-10H2,1-3H3. The minimum absolute atomic E-state index is 0.208. The fourth-order valence-corrected chi connectivity index (χ4v) is 3.03. The summed E-state index contributed by atoms with van der Waals surface area (Å²) in [4.78, 5) is 16.5. The second-order valence-corrected chi connectivity index (χ2v) is 5.86. The van der Waals surface area contributed by atoms with E-state index in [1.165, 1.54) is 19.3 Å². The molecule has 0 radical (unpaired) electrons. The molecular weight excluding hydrogens is 214 g/mol. The topological polar surface area (TPSA) is 35.6 Å². The molecule has 0 bridgehead atoms. The molecule has 1 amide bonds. The maximum Gasteiger partial charge on any atom is 0.226 e. The van der Waals surface area contributed by atoms with Crippen molar-refractivity contribution in [2.75, 3.05) is 40.8 Å². The van der Waals surface area contributed by atoms with E-state index in [-0.39, 0.29) is 11.5 Å². The van der Waals surface area contributed by atoms with Gasteiger partial charge >= 0.3 is 0 Å². The van der Waals surface area contributed by atoms with E-state index in [2.05, 4.69) is 24.3 Å². The number of carbonyl (C=O) groups is 1. The predicted octanol–water partition coefficient (Wildman–Crippen LogP) is 0.539. The third-order valence-electron chi connectivity index (χ3n) is 4.55. The highest BCUT2D eigenvalue weighted by molar-refractivity contribution is 5.79. The first-order chi connectivity index (χ1) is 8.05. The van der Waals surface area contributed by atoms with Gasteiger partial charge in [-0.25, -0.2) is 0 Å². The van der Waals surface area contributed by atoms with Crippen LogP contribution in [0, 0.1) is 5.92 Å². The van der Waals surface area contributed by atoms with Crippen molar-refractivity contribution >= 4 is 5.91 Å². The first-order valence-electron chi connectivity index (χ1n) is 6.68. The second kappa shape index (κ2) is 4.94. The molecule has 1 unspecified atom stereocenters. The Hall–Kier alpha value is -0.610. The van der Waals surface area contributed by atoms with Crippen LogP contribution in [0.25, 0.3) is 0 Å². The maximum atomic E-state index is 12.3. The normalized spacial score (nSPS) is 26.9. The van der Waals surface area contributed by atoms with Crippen LogP contribution in [0.4, 0.5) is 0 Å². The van der Waals surface area contributed by atoms with Crippen molar-refractivity contribution in [1.29, 1.82) is 0 Å². The lowest BCUT2D eigenvalue weighted by molar-refractivity contribution is -0.136. The summed E-state index contributed by atoms with van der Waals surface area (Å²) in [5.74, 6) is 0.530. The van der Waals surface area contributed by atoms with Gasteiger partial charge < -0.3 is 15.1 Å². The van der Waals surface area contributed by atoms with E-state index in [1.807, 2.05) is 11.9 Å². The summed E-state index contributed by atoms with van der Waals surface area (Å²) in [6.07, 6.45) is 4.74. The molecule has 2 rings (SSSR count). The van der Waals surface area contributed by atoms with Gasteiger partial charge in [-0.05, 0) is 46.3 Å². The summed E-state index contributed by atoms with van der Waals surface area (Å²) in [6.45, 7) is 2.73. The Morgan fingerprint density at radius 2 is 2.06 bits per heavy atom. The summed E-state index contributed by atoms with van der Waals surface area (Å²) in [7, 11) is 6.23. The van der Waals surface area contributed by atoms with Gasteiger partial charge in [-0.1, -0.05) is 0 Å². The zero-order valence-corrected chi connectivity index (χ0v) is 11.3. The zero-order valence-electron chi connectivity index (χ0n) is 11.3. The van der Waals surface area contributed by atoms with Gasteiger partial charge in [0.15, 0.2) is 0 Å². The number of likely N-dealkylation sites (N-methyl/N-ethyl adjacent to an activating group) is 2. The van der Waals surface area contributed by atoms with E-state index in [4.69, 9.17) is 0 Å². The minimum atomic E-state index is 0.208. The smallest absolute Gasteiger partial charge is 0.226 e. The van der Waals surface area contributed by atoms with Crippen molar-refractivity contribution < 1.29 is 4.79 Å². The molecule has 2 fully saturated rings. The fraction of sp³-hybridized carbons (Fsp3) is 0.923. The van der Waals surface area contributed by atoms with Crippen LogP contribution in [0.3, 0.4) is 0 Å². The Morgan fingerprint density at radius 1 is 1.35 bits per heavy atom. The van der Waals surface area contributed by atoms with E-state index < -0.39 is 0 Å². The fourth-order valence-electron chi connectivity index (χ4n) is 3.03. The molecule has 1 atom stereocenters. The van der Waals surface area contributed by atoms with Crippen molar-refractivity contribution in [3.05, 3.63) is 0 Å². The van der Waals surface area contributed by atoms with Crippen molar-refractivity contribution in [3.8, 4) is 0 Å². The zero-order chi connectivity index (χ0) is 12.5. The highest BCUT2D eigenvalue weighted by Gasteiger charge is 2.41. The Morgan fingerprint density at radius 3 is 2.47 bits per heavy atom. The molecule has 0 aromatic heterocycles. The molecule has 1 saturated heterocycles. The number of hydrogen-bond acceptors (Lipinski definition) is 3. The molecular formula is C13H25N3O. The molecule has 4 nitrogen and oxygen atoms in total. The van der Waals surface area contributed by atoms with Crippen LogP contribution >= 0.6 is 0 Å². The highest BCUT2D eigenvalue weighted by Crippen LogP contribution is 2.36. The van der Waals surface area contributed by atoms with Gasteiger partial charge in [0.1, 0.15) is 0 Å². The Labute approximate surface area is 104 Å². The van der Waals surface area contributed by atoms with Crippen LogP contribution in [-0.4, -0.2) is 62.0 Å². The lowest BCUT2D eigenvalue weighted by atomic mass is 9.75. The summed E-state index contributed by atoms with van der Waals surface area (Å²) in [5, 5.41) is 3.26. The molecule has 4 heteroatoms. The number of nitrogens with one attached hydrogen (secondary N) is 1. The van der Waals surface area contributed by atoms with Crippen molar-refractivity contribution in [1.82, 2.24) is 15.1 Å². The Bertz CT molecular complexity index is 280. The van der Waals surface area contributed by atoms with E-state index in [9.17, 15) is 4.79 Å². The van der Waals surface area contributed by atoms with Gasteiger partial charge in [0, 0.05) is 25.7 Å². The average molecular weight is 239 g/mol. The van der Waals surface area contributed by atoms with Gasteiger partial charge in [-0.15, -0.1) is 0 Å². The monoisotopic (exact) mass is 239 g/mol. The molecule has 1 aliphatic heterocycles. The molecule has 0 aromatic rings. The SMILES string of the molecule is CN(CC1(N(C)C)CCC1)C(=O)C1CCNC1. The molecule has 0 aromatic carbocycles. The predicted molar refractivity (Wildman–Crippen MR) is 68.9 cm³/mol. The second-order valence-electron chi connectivity index (χ2n) is 5.86. The lowest BCUT2D eigenvalue weighted by Gasteiger charge is -2.49. The molecule has 17 heavy (non-hydrogen) atoms. The largest absolute Gasteiger partial charge is 0.344 e. The van der Waals surface area contributed by atoms with Gasteiger partial charge in [-0.2, -0.15) is 0 Å². The van der Waals surface area contributed by atoms with Crippen LogP contribution in [0.1, 0.15) is 25.7 Å². The van der Waals surface area contributed by atoms with Gasteiger partial charge in [0.25, 0.3) is 0 Å². The molecule has 1 N–H and O–H groups in total. The number of amides is 1. The third-order valence-corrected chi connectivity index (χ3v) is 4.55. The molecule has 1 aliphatic carbocycles. The van der Waals surface area contributed by atoms with Crippen molar-refractivity contribution in [2.24, 2.45) is 5.92 Å². The van der Waals surface area contributed by atoms with Crippen LogP contribution in [0.2, 0.25) is 0 Å². The molecule has 1 heterocycles. The highest BCUT2D eigenvalue weighted by atomic mass is 16.2. The number of nitrogens with zero attached hydrogens (tertiary/aromatic N) is 2. The third kappa shape index (κ3) is 2.47. The Kier molecular flexibility index (Phi) is 3.73. The van der Waals surface area contributed by atoms with Crippen molar-refractivity contribution in [3.63, 3.8) is 0 Å². The van der Waals surface area contributed by atoms with Gasteiger partial charge in [0.2, 0.25) is 5.91 Å². The number of rotatable bonds is 4. The maximum absolute atomic E-state index is 12.3. The summed E-state index contributed by atoms with van der Waals surface area (Å²) in [5.41, 5.74) is 0.246. The number of hydrogen-bond donors (Lipinski definition) is 1. The number of carbonyl (C=O) groups excluding carboxylic acids is 1. The summed E-state index contributed by atoms with van der Waals surface area (Å²) < 4.78 is 0. The molecule has 1 saturated carbocycles. The lowest BCUT2D eigenvalue weighted by Crippen LogP contribution is -2.58. The van der Waals surface area contributed by atoms with E-state index in [0.717, 1.165) is 26.1 Å². The first kappa shape index (κ1) is 12.8. The molecule has 0 spiro atoms. The van der Waals surface area contributed by atoms with Crippen LogP contribution in [0.5, 0.6) is 0 Å². The average Bonchev–Trinajstić information content (AvgIpc) is 2.74. The van der Waals surface area contributed by atoms with Crippen LogP contribution in [0.15, 0.2) is 0 Å². The summed E-state index contributed by atoms with van der Waals surface area (Å²) >= 11 is 0. The van der Waals surface area contributed by atoms with E-state index >= 15 is 0 Å². The van der Waals surface area contributed by atoms with E-state index in [0.29, 0.717) is 5.91 Å². The quantitative estimate of drug-likeness (QED) is 0.778. The van der Waals surface area contributed by atoms with Gasteiger partial charge in [-0.3, -0.25) is 4.79 Å². The first-order valence-corrected chi connectivity index (χ1v) is 6.68.